The van der Waals surface area contributed by atoms with Crippen molar-refractivity contribution in [1.82, 2.24) is 19.1 Å². The largest absolute Gasteiger partial charge is 0.422 e. The Morgan fingerprint density at radius 3 is 1.30 bits per heavy atom. The van der Waals surface area contributed by atoms with E-state index in [1.807, 2.05) is 48.5 Å². The van der Waals surface area contributed by atoms with Crippen molar-refractivity contribution in [2.45, 2.75) is 26.9 Å². The Kier molecular flexibility index (Phi) is 8.20. The third-order valence-electron chi connectivity index (χ3n) is 9.88. The van der Waals surface area contributed by atoms with Crippen LogP contribution in [0, 0.1) is 0 Å². The number of imidazole rings is 2. The van der Waals surface area contributed by atoms with Crippen LogP contribution in [0.15, 0.2) is 146 Å². The zero-order valence-corrected chi connectivity index (χ0v) is 29.7. The number of fused-ring (bicyclic) bond motifs is 6. The first-order chi connectivity index (χ1) is 26.5. The molecule has 0 amide bonds. The summed E-state index contributed by atoms with van der Waals surface area (Å²) in [6, 6.07) is 45.8. The first-order valence-electron chi connectivity index (χ1n) is 18.0. The molecule has 0 saturated carbocycles. The first kappa shape index (κ1) is 32.8. The van der Waals surface area contributed by atoms with Crippen molar-refractivity contribution in [2.24, 2.45) is 0 Å². The quantitative estimate of drug-likeness (QED) is 0.115. The molecule has 0 aliphatic carbocycles. The van der Waals surface area contributed by atoms with Crippen molar-refractivity contribution in [3.8, 4) is 34.3 Å². The Bertz CT molecular complexity index is 2690. The summed E-state index contributed by atoms with van der Waals surface area (Å²) in [5.74, 6) is 0.587. The number of hydrogen-bond donors (Lipinski definition) is 0. The van der Waals surface area contributed by atoms with Gasteiger partial charge in [0.25, 0.3) is 0 Å². The number of esters is 2. The molecule has 0 bridgehead atoms. The Morgan fingerprint density at radius 1 is 0.500 bits per heavy atom. The summed E-state index contributed by atoms with van der Waals surface area (Å²) in [4.78, 5) is 38.0. The monoisotopic (exact) mass is 706 g/mol. The van der Waals surface area contributed by atoms with Gasteiger partial charge in [0, 0.05) is 23.9 Å². The SMILES string of the molecule is CCn1c(-c2cc(OC(=O)c3ccccc3)c(-c3nc4ccc5ccccc5c4n3CC)cc2OC(=O)c2ccccc2)nc2ccc3ccccc3c21. The van der Waals surface area contributed by atoms with Crippen molar-refractivity contribution in [3.05, 3.63) is 157 Å². The van der Waals surface area contributed by atoms with E-state index in [0.29, 0.717) is 47.0 Å². The van der Waals surface area contributed by atoms with E-state index in [9.17, 15) is 9.59 Å². The van der Waals surface area contributed by atoms with E-state index in [2.05, 4.69) is 59.4 Å². The van der Waals surface area contributed by atoms with Gasteiger partial charge < -0.3 is 18.6 Å². The van der Waals surface area contributed by atoms with E-state index in [1.165, 1.54) is 0 Å². The summed E-state index contributed by atoms with van der Waals surface area (Å²) >= 11 is 0. The van der Waals surface area contributed by atoms with E-state index < -0.39 is 11.9 Å². The lowest BCUT2D eigenvalue weighted by Gasteiger charge is -2.18. The van der Waals surface area contributed by atoms with Crippen LogP contribution in [-0.2, 0) is 13.1 Å². The van der Waals surface area contributed by atoms with Gasteiger partial charge in [0.2, 0.25) is 0 Å². The molecule has 0 N–H and O–H groups in total. The minimum absolute atomic E-state index is 0.257. The van der Waals surface area contributed by atoms with Gasteiger partial charge in [0.1, 0.15) is 23.1 Å². The number of aryl methyl sites for hydroxylation is 2. The molecule has 0 saturated heterocycles. The smallest absolute Gasteiger partial charge is 0.343 e. The van der Waals surface area contributed by atoms with Gasteiger partial charge >= 0.3 is 11.9 Å². The van der Waals surface area contributed by atoms with Crippen LogP contribution in [0.5, 0.6) is 11.5 Å². The molecule has 262 valence electrons. The highest BCUT2D eigenvalue weighted by atomic mass is 16.5. The molecule has 0 aliphatic heterocycles. The number of benzene rings is 7. The summed E-state index contributed by atoms with van der Waals surface area (Å²) in [7, 11) is 0. The second kappa shape index (κ2) is 13.5. The molecule has 0 spiro atoms. The molecule has 2 aromatic heterocycles. The standard InChI is InChI=1S/C46H34N4O4/c1-3-49-41-33-21-13-11-15-29(33)23-25-37(41)47-43(49)35-27-40(54-46(52)32-19-9-6-10-20-32)36(28-39(35)53-45(51)31-17-7-5-8-18-31)44-48-38-26-24-30-16-12-14-22-34(30)42(38)50(44)4-2/h5-28H,3-4H2,1-2H3. The van der Waals surface area contributed by atoms with Crippen LogP contribution in [0.2, 0.25) is 0 Å². The van der Waals surface area contributed by atoms with Crippen molar-refractivity contribution < 1.29 is 19.1 Å². The fourth-order valence-electron chi connectivity index (χ4n) is 7.37. The number of aromatic nitrogens is 4. The van der Waals surface area contributed by atoms with Crippen LogP contribution in [0.4, 0.5) is 0 Å². The molecule has 0 unspecified atom stereocenters. The molecule has 54 heavy (non-hydrogen) atoms. The van der Waals surface area contributed by atoms with Crippen LogP contribution in [0.1, 0.15) is 34.6 Å². The highest BCUT2D eigenvalue weighted by Gasteiger charge is 2.27. The van der Waals surface area contributed by atoms with Gasteiger partial charge in [-0.15, -0.1) is 0 Å². The molecular weight excluding hydrogens is 673 g/mol. The number of ether oxygens (including phenoxy) is 2. The summed E-state index contributed by atoms with van der Waals surface area (Å²) in [5.41, 5.74) is 5.26. The summed E-state index contributed by atoms with van der Waals surface area (Å²) in [6.45, 7) is 5.26. The number of hydrogen-bond acceptors (Lipinski definition) is 6. The highest BCUT2D eigenvalue weighted by molar-refractivity contribution is 6.07. The van der Waals surface area contributed by atoms with E-state index >= 15 is 0 Å². The molecule has 9 rings (SSSR count). The van der Waals surface area contributed by atoms with Crippen molar-refractivity contribution in [3.63, 3.8) is 0 Å². The maximum Gasteiger partial charge on any atom is 0.343 e. The zero-order valence-electron chi connectivity index (χ0n) is 29.7. The second-order valence-corrected chi connectivity index (χ2v) is 13.0. The lowest BCUT2D eigenvalue weighted by molar-refractivity contribution is 0.0720. The van der Waals surface area contributed by atoms with Crippen LogP contribution in [0.25, 0.3) is 66.4 Å². The highest BCUT2D eigenvalue weighted by Crippen LogP contribution is 2.44. The molecule has 0 fully saturated rings. The average Bonchev–Trinajstić information content (AvgIpc) is 3.80. The number of carbonyl (C=O) groups is 2. The summed E-state index contributed by atoms with van der Waals surface area (Å²) in [5, 5.41) is 4.27. The summed E-state index contributed by atoms with van der Waals surface area (Å²) < 4.78 is 16.9. The Hall–Kier alpha value is -7.06. The van der Waals surface area contributed by atoms with Gasteiger partial charge in [-0.1, -0.05) is 97.1 Å². The third-order valence-corrected chi connectivity index (χ3v) is 9.88. The molecule has 0 aliphatic rings. The van der Waals surface area contributed by atoms with Crippen LogP contribution in [0.3, 0.4) is 0 Å². The van der Waals surface area contributed by atoms with E-state index in [0.717, 1.165) is 43.6 Å². The van der Waals surface area contributed by atoms with Gasteiger partial charge in [0.05, 0.1) is 44.3 Å². The molecule has 0 atom stereocenters. The molecule has 9 aromatic rings. The lowest BCUT2D eigenvalue weighted by atomic mass is 10.1. The van der Waals surface area contributed by atoms with Gasteiger partial charge in [-0.25, -0.2) is 19.6 Å². The molecule has 0 radical (unpaired) electrons. The fourth-order valence-corrected chi connectivity index (χ4v) is 7.37. The number of rotatable bonds is 8. The van der Waals surface area contributed by atoms with Crippen LogP contribution in [-0.4, -0.2) is 31.0 Å². The van der Waals surface area contributed by atoms with Crippen LogP contribution < -0.4 is 9.47 Å². The molecule has 8 heteroatoms. The van der Waals surface area contributed by atoms with Crippen molar-refractivity contribution in [2.75, 3.05) is 0 Å². The topological polar surface area (TPSA) is 88.2 Å². The lowest BCUT2D eigenvalue weighted by Crippen LogP contribution is -2.13. The maximum atomic E-state index is 13.8. The van der Waals surface area contributed by atoms with Gasteiger partial charge in [-0.05, 0) is 73.2 Å². The van der Waals surface area contributed by atoms with E-state index in [4.69, 9.17) is 19.4 Å². The van der Waals surface area contributed by atoms with Crippen molar-refractivity contribution in [1.29, 1.82) is 0 Å². The average molecular weight is 707 g/mol. The molecular formula is C46H34N4O4. The molecule has 8 nitrogen and oxygen atoms in total. The Morgan fingerprint density at radius 2 is 0.889 bits per heavy atom. The maximum absolute atomic E-state index is 13.8. The normalized spacial score (nSPS) is 11.4. The predicted molar refractivity (Wildman–Crippen MR) is 213 cm³/mol. The second-order valence-electron chi connectivity index (χ2n) is 13.0. The number of carbonyl (C=O) groups excluding carboxylic acids is 2. The third kappa shape index (κ3) is 5.56. The Balaban J connectivity index is 1.34. The Labute approximate surface area is 310 Å². The fraction of sp³-hybridized carbons (Fsp3) is 0.0870. The first-order valence-corrected chi connectivity index (χ1v) is 18.0. The van der Waals surface area contributed by atoms with E-state index in [-0.39, 0.29) is 11.5 Å². The minimum atomic E-state index is -0.531. The molecule has 2 heterocycles. The van der Waals surface area contributed by atoms with E-state index in [1.54, 1.807) is 60.7 Å². The van der Waals surface area contributed by atoms with Crippen LogP contribution >= 0.6 is 0 Å². The summed E-state index contributed by atoms with van der Waals surface area (Å²) in [6.07, 6.45) is 0. The predicted octanol–water partition coefficient (Wildman–Crippen LogP) is 10.5. The molecule has 7 aromatic carbocycles. The minimum Gasteiger partial charge on any atom is -0.422 e. The van der Waals surface area contributed by atoms with Gasteiger partial charge in [-0.2, -0.15) is 0 Å². The number of nitrogens with zero attached hydrogens (tertiary/aromatic N) is 4. The zero-order chi connectivity index (χ0) is 36.8. The van der Waals surface area contributed by atoms with Gasteiger partial charge in [-0.3, -0.25) is 0 Å². The van der Waals surface area contributed by atoms with Gasteiger partial charge in [0.15, 0.2) is 0 Å². The van der Waals surface area contributed by atoms with Crippen molar-refractivity contribution >= 4 is 55.6 Å².